The fourth-order valence-corrected chi connectivity index (χ4v) is 3.18. The average Bonchev–Trinajstić information content (AvgIpc) is 2.66. The molecule has 0 saturated heterocycles. The van der Waals surface area contributed by atoms with E-state index in [4.69, 9.17) is 9.47 Å². The molecule has 0 unspecified atom stereocenters. The summed E-state index contributed by atoms with van der Waals surface area (Å²) in [6.45, 7) is 7.49. The van der Waals surface area contributed by atoms with Gasteiger partial charge in [0.05, 0.1) is 14.2 Å². The van der Waals surface area contributed by atoms with E-state index in [0.717, 1.165) is 42.4 Å². The number of nitrogens with zero attached hydrogens (tertiary/aromatic N) is 1. The number of benzene rings is 2. The summed E-state index contributed by atoms with van der Waals surface area (Å²) in [7, 11) is 3.33. The molecule has 1 aliphatic heterocycles. The summed E-state index contributed by atoms with van der Waals surface area (Å²) in [6.07, 6.45) is 0.957. The van der Waals surface area contributed by atoms with E-state index >= 15 is 0 Å². The zero-order chi connectivity index (χ0) is 19.6. The van der Waals surface area contributed by atoms with Crippen LogP contribution in [0.25, 0.3) is 0 Å². The fourth-order valence-electron chi connectivity index (χ4n) is 3.18. The Morgan fingerprint density at radius 3 is 2.15 bits per heavy atom. The van der Waals surface area contributed by atoms with Gasteiger partial charge in [0.25, 0.3) is 0 Å². The highest BCUT2D eigenvalue weighted by Gasteiger charge is 2.22. The Hall–Kier alpha value is -2.69. The summed E-state index contributed by atoms with van der Waals surface area (Å²) in [5.41, 5.74) is 4.11. The Bertz CT molecular complexity index is 823. The van der Waals surface area contributed by atoms with Gasteiger partial charge < -0.3 is 19.7 Å². The highest BCUT2D eigenvalue weighted by molar-refractivity contribution is 5.94. The van der Waals surface area contributed by atoms with Gasteiger partial charge in [-0.05, 0) is 53.9 Å². The standard InChI is InChI=1S/C22H28N2O3/c1-22(2,3)21(25)23-17-6-8-18(9-7-17)24-11-10-15-12-19(26-4)20(27-5)13-16(15)14-24/h6-9,12-13H,10-11,14H2,1-5H3,(H,23,25). The van der Waals surface area contributed by atoms with Crippen LogP contribution in [0.15, 0.2) is 36.4 Å². The minimum atomic E-state index is -0.407. The van der Waals surface area contributed by atoms with Gasteiger partial charge in [-0.2, -0.15) is 0 Å². The molecule has 0 radical (unpaired) electrons. The highest BCUT2D eigenvalue weighted by Crippen LogP contribution is 2.34. The molecule has 2 aromatic rings. The molecule has 1 N–H and O–H groups in total. The first kappa shape index (κ1) is 19.1. The molecule has 0 spiro atoms. The lowest BCUT2D eigenvalue weighted by Crippen LogP contribution is -2.30. The quantitative estimate of drug-likeness (QED) is 0.876. The van der Waals surface area contributed by atoms with Crippen LogP contribution in [-0.4, -0.2) is 26.7 Å². The summed E-state index contributed by atoms with van der Waals surface area (Å²) in [6, 6.07) is 12.2. The van der Waals surface area contributed by atoms with Gasteiger partial charge in [0.15, 0.2) is 11.5 Å². The Labute approximate surface area is 161 Å². The molecule has 2 aromatic carbocycles. The van der Waals surface area contributed by atoms with Gasteiger partial charge in [-0.15, -0.1) is 0 Å². The number of ether oxygens (including phenoxy) is 2. The van der Waals surface area contributed by atoms with E-state index in [-0.39, 0.29) is 5.91 Å². The topological polar surface area (TPSA) is 50.8 Å². The summed E-state index contributed by atoms with van der Waals surface area (Å²) in [4.78, 5) is 14.5. The van der Waals surface area contributed by atoms with Crippen LogP contribution in [-0.2, 0) is 17.8 Å². The number of carbonyl (C=O) groups excluding carboxylic acids is 1. The minimum Gasteiger partial charge on any atom is -0.493 e. The van der Waals surface area contributed by atoms with Crippen molar-refractivity contribution in [2.75, 3.05) is 31.0 Å². The Morgan fingerprint density at radius 2 is 1.59 bits per heavy atom. The van der Waals surface area contributed by atoms with Gasteiger partial charge in [0, 0.05) is 29.9 Å². The number of nitrogens with one attached hydrogen (secondary N) is 1. The summed E-state index contributed by atoms with van der Waals surface area (Å²) in [5, 5.41) is 2.97. The van der Waals surface area contributed by atoms with Crippen molar-refractivity contribution in [3.8, 4) is 11.5 Å². The third kappa shape index (κ3) is 4.18. The van der Waals surface area contributed by atoms with Gasteiger partial charge in [0.2, 0.25) is 5.91 Å². The zero-order valence-corrected chi connectivity index (χ0v) is 16.8. The number of anilines is 2. The molecule has 5 heteroatoms. The van der Waals surface area contributed by atoms with Gasteiger partial charge in [-0.25, -0.2) is 0 Å². The number of amides is 1. The van der Waals surface area contributed by atoms with E-state index < -0.39 is 5.41 Å². The SMILES string of the molecule is COc1cc2c(cc1OC)CN(c1ccc(NC(=O)C(C)(C)C)cc1)CC2. The van der Waals surface area contributed by atoms with Gasteiger partial charge in [0.1, 0.15) is 0 Å². The fraction of sp³-hybridized carbons (Fsp3) is 0.409. The van der Waals surface area contributed by atoms with Crippen LogP contribution in [0.5, 0.6) is 11.5 Å². The number of methoxy groups -OCH3 is 2. The molecule has 1 amide bonds. The molecule has 144 valence electrons. The van der Waals surface area contributed by atoms with Crippen molar-refractivity contribution in [1.82, 2.24) is 0 Å². The third-order valence-corrected chi connectivity index (χ3v) is 4.89. The minimum absolute atomic E-state index is 0.0168. The molecule has 1 heterocycles. The number of hydrogen-bond acceptors (Lipinski definition) is 4. The van der Waals surface area contributed by atoms with Crippen molar-refractivity contribution in [2.45, 2.75) is 33.7 Å². The van der Waals surface area contributed by atoms with E-state index in [0.29, 0.717) is 0 Å². The van der Waals surface area contributed by atoms with Crippen LogP contribution in [0.4, 0.5) is 11.4 Å². The van der Waals surface area contributed by atoms with Crippen LogP contribution >= 0.6 is 0 Å². The lowest BCUT2D eigenvalue weighted by Gasteiger charge is -2.31. The molecule has 0 bridgehead atoms. The maximum Gasteiger partial charge on any atom is 0.229 e. The van der Waals surface area contributed by atoms with Crippen molar-refractivity contribution < 1.29 is 14.3 Å². The maximum atomic E-state index is 12.1. The monoisotopic (exact) mass is 368 g/mol. The average molecular weight is 368 g/mol. The van der Waals surface area contributed by atoms with Crippen molar-refractivity contribution in [1.29, 1.82) is 0 Å². The number of hydrogen-bond donors (Lipinski definition) is 1. The van der Waals surface area contributed by atoms with Crippen LogP contribution in [0.2, 0.25) is 0 Å². The largest absolute Gasteiger partial charge is 0.493 e. The number of fused-ring (bicyclic) bond motifs is 1. The second kappa shape index (κ2) is 7.51. The molecular formula is C22H28N2O3. The maximum absolute atomic E-state index is 12.1. The molecule has 3 rings (SSSR count). The van der Waals surface area contributed by atoms with Crippen LogP contribution in [0.3, 0.4) is 0 Å². The summed E-state index contributed by atoms with van der Waals surface area (Å²) < 4.78 is 10.8. The Balaban J connectivity index is 1.74. The first-order valence-corrected chi connectivity index (χ1v) is 9.22. The van der Waals surface area contributed by atoms with Crippen molar-refractivity contribution in [3.05, 3.63) is 47.5 Å². The van der Waals surface area contributed by atoms with Crippen molar-refractivity contribution in [3.63, 3.8) is 0 Å². The van der Waals surface area contributed by atoms with Crippen LogP contribution in [0, 0.1) is 5.41 Å². The lowest BCUT2D eigenvalue weighted by atomic mass is 9.95. The van der Waals surface area contributed by atoms with E-state index in [2.05, 4.69) is 34.5 Å². The molecule has 27 heavy (non-hydrogen) atoms. The summed E-state index contributed by atoms with van der Waals surface area (Å²) >= 11 is 0. The van der Waals surface area contributed by atoms with E-state index in [1.165, 1.54) is 11.1 Å². The molecule has 0 atom stereocenters. The lowest BCUT2D eigenvalue weighted by molar-refractivity contribution is -0.123. The normalized spacial score (nSPS) is 13.7. The van der Waals surface area contributed by atoms with Gasteiger partial charge in [-0.1, -0.05) is 20.8 Å². The Kier molecular flexibility index (Phi) is 5.31. The molecule has 0 aliphatic carbocycles. The first-order chi connectivity index (χ1) is 12.8. The Morgan fingerprint density at radius 1 is 1.00 bits per heavy atom. The smallest absolute Gasteiger partial charge is 0.229 e. The zero-order valence-electron chi connectivity index (χ0n) is 16.8. The first-order valence-electron chi connectivity index (χ1n) is 9.22. The predicted molar refractivity (Wildman–Crippen MR) is 109 cm³/mol. The molecule has 0 fully saturated rings. The number of rotatable bonds is 4. The van der Waals surface area contributed by atoms with E-state index in [9.17, 15) is 4.79 Å². The van der Waals surface area contributed by atoms with Crippen molar-refractivity contribution >= 4 is 17.3 Å². The number of carbonyl (C=O) groups is 1. The van der Waals surface area contributed by atoms with Gasteiger partial charge in [-0.3, -0.25) is 4.79 Å². The van der Waals surface area contributed by atoms with Crippen LogP contribution in [0.1, 0.15) is 31.9 Å². The third-order valence-electron chi connectivity index (χ3n) is 4.89. The molecule has 5 nitrogen and oxygen atoms in total. The molecule has 0 saturated carbocycles. The summed E-state index contributed by atoms with van der Waals surface area (Å²) in [5.74, 6) is 1.56. The predicted octanol–water partition coefficient (Wildman–Crippen LogP) is 4.25. The second-order valence-corrected chi connectivity index (χ2v) is 7.90. The molecule has 0 aromatic heterocycles. The van der Waals surface area contributed by atoms with Gasteiger partial charge >= 0.3 is 0 Å². The highest BCUT2D eigenvalue weighted by atomic mass is 16.5. The van der Waals surface area contributed by atoms with Crippen LogP contribution < -0.4 is 19.7 Å². The van der Waals surface area contributed by atoms with E-state index in [1.54, 1.807) is 14.2 Å². The van der Waals surface area contributed by atoms with Crippen molar-refractivity contribution in [2.24, 2.45) is 5.41 Å². The molecule has 1 aliphatic rings. The second-order valence-electron chi connectivity index (χ2n) is 7.90. The molecular weight excluding hydrogens is 340 g/mol. The van der Waals surface area contributed by atoms with E-state index in [1.807, 2.05) is 32.9 Å².